The molecular formula is C15H16N2O4S. The SMILES string of the molecule is COCCNC(=O)[C@H](OC(=O)c1cccs1)c1cccnc1. The van der Waals surface area contributed by atoms with Gasteiger partial charge in [-0.05, 0) is 17.5 Å². The first kappa shape index (κ1) is 16.1. The number of amides is 1. The van der Waals surface area contributed by atoms with Crippen LogP contribution in [0.2, 0.25) is 0 Å². The monoisotopic (exact) mass is 320 g/mol. The zero-order valence-electron chi connectivity index (χ0n) is 12.0. The summed E-state index contributed by atoms with van der Waals surface area (Å²) in [4.78, 5) is 28.7. The summed E-state index contributed by atoms with van der Waals surface area (Å²) in [6.07, 6.45) is 2.05. The van der Waals surface area contributed by atoms with E-state index < -0.39 is 18.0 Å². The van der Waals surface area contributed by atoms with Crippen LogP contribution in [0.4, 0.5) is 0 Å². The van der Waals surface area contributed by atoms with Crippen molar-refractivity contribution in [3.05, 3.63) is 52.5 Å². The highest BCUT2D eigenvalue weighted by atomic mass is 32.1. The molecule has 0 bridgehead atoms. The normalized spacial score (nSPS) is 11.7. The maximum Gasteiger partial charge on any atom is 0.349 e. The molecular weight excluding hydrogens is 304 g/mol. The summed E-state index contributed by atoms with van der Waals surface area (Å²) in [5, 5.41) is 4.44. The van der Waals surface area contributed by atoms with Crippen molar-refractivity contribution in [3.8, 4) is 0 Å². The molecule has 2 rings (SSSR count). The molecule has 2 aromatic rings. The van der Waals surface area contributed by atoms with Crippen LogP contribution in [0, 0.1) is 0 Å². The summed E-state index contributed by atoms with van der Waals surface area (Å²) in [6.45, 7) is 0.715. The van der Waals surface area contributed by atoms with Gasteiger partial charge in [-0.3, -0.25) is 9.78 Å². The molecule has 116 valence electrons. The Morgan fingerprint density at radius 2 is 2.23 bits per heavy atom. The molecule has 0 fully saturated rings. The number of hydrogen-bond donors (Lipinski definition) is 1. The smallest absolute Gasteiger partial charge is 0.349 e. The number of thiophene rings is 1. The fraction of sp³-hybridized carbons (Fsp3) is 0.267. The van der Waals surface area contributed by atoms with Gasteiger partial charge in [0.25, 0.3) is 5.91 Å². The molecule has 1 amide bonds. The number of esters is 1. The first-order valence-electron chi connectivity index (χ1n) is 6.63. The number of ether oxygens (including phenoxy) is 2. The molecule has 0 radical (unpaired) electrons. The van der Waals surface area contributed by atoms with Crippen molar-refractivity contribution < 1.29 is 19.1 Å². The van der Waals surface area contributed by atoms with Crippen LogP contribution in [-0.4, -0.2) is 37.1 Å². The fourth-order valence-electron chi connectivity index (χ4n) is 1.73. The van der Waals surface area contributed by atoms with Gasteiger partial charge in [0.2, 0.25) is 6.10 Å². The number of aromatic nitrogens is 1. The van der Waals surface area contributed by atoms with E-state index in [-0.39, 0.29) is 0 Å². The Morgan fingerprint density at radius 3 is 2.86 bits per heavy atom. The van der Waals surface area contributed by atoms with Crippen molar-refractivity contribution in [2.75, 3.05) is 20.3 Å². The predicted molar refractivity (Wildman–Crippen MR) is 81.6 cm³/mol. The number of nitrogens with one attached hydrogen (secondary N) is 1. The average molecular weight is 320 g/mol. The number of rotatable bonds is 7. The first-order valence-corrected chi connectivity index (χ1v) is 7.51. The van der Waals surface area contributed by atoms with Crippen LogP contribution in [0.1, 0.15) is 21.3 Å². The molecule has 1 atom stereocenters. The van der Waals surface area contributed by atoms with Gasteiger partial charge in [-0.25, -0.2) is 4.79 Å². The van der Waals surface area contributed by atoms with E-state index in [9.17, 15) is 9.59 Å². The van der Waals surface area contributed by atoms with Gasteiger partial charge in [0.05, 0.1) is 6.61 Å². The summed E-state index contributed by atoms with van der Waals surface area (Å²) in [5.41, 5.74) is 0.516. The molecule has 0 saturated heterocycles. The van der Waals surface area contributed by atoms with Crippen molar-refractivity contribution >= 4 is 23.2 Å². The van der Waals surface area contributed by atoms with E-state index in [0.29, 0.717) is 23.6 Å². The molecule has 2 aromatic heterocycles. The zero-order chi connectivity index (χ0) is 15.8. The van der Waals surface area contributed by atoms with Crippen LogP contribution in [0.25, 0.3) is 0 Å². The van der Waals surface area contributed by atoms with E-state index in [0.717, 1.165) is 0 Å². The van der Waals surface area contributed by atoms with E-state index in [1.165, 1.54) is 17.5 Å². The largest absolute Gasteiger partial charge is 0.443 e. The van der Waals surface area contributed by atoms with E-state index >= 15 is 0 Å². The molecule has 0 aromatic carbocycles. The highest BCUT2D eigenvalue weighted by Crippen LogP contribution is 2.20. The van der Waals surface area contributed by atoms with Crippen molar-refractivity contribution in [1.29, 1.82) is 0 Å². The third kappa shape index (κ3) is 4.37. The van der Waals surface area contributed by atoms with Gasteiger partial charge in [-0.15, -0.1) is 11.3 Å². The maximum atomic E-state index is 12.3. The molecule has 0 spiro atoms. The Hall–Kier alpha value is -2.25. The number of methoxy groups -OCH3 is 1. The second-order valence-corrected chi connectivity index (χ2v) is 5.28. The number of hydrogen-bond acceptors (Lipinski definition) is 6. The van der Waals surface area contributed by atoms with E-state index in [4.69, 9.17) is 9.47 Å². The minimum Gasteiger partial charge on any atom is -0.443 e. The zero-order valence-corrected chi connectivity index (χ0v) is 12.8. The van der Waals surface area contributed by atoms with Gasteiger partial charge in [0.15, 0.2) is 0 Å². The van der Waals surface area contributed by atoms with Crippen LogP contribution >= 0.6 is 11.3 Å². The number of carbonyl (C=O) groups excluding carboxylic acids is 2. The predicted octanol–water partition coefficient (Wildman–Crippen LogP) is 1.80. The van der Waals surface area contributed by atoms with Gasteiger partial charge in [-0.2, -0.15) is 0 Å². The second-order valence-electron chi connectivity index (χ2n) is 4.33. The summed E-state index contributed by atoms with van der Waals surface area (Å²) in [7, 11) is 1.54. The molecule has 0 aliphatic rings. The lowest BCUT2D eigenvalue weighted by molar-refractivity contribution is -0.130. The van der Waals surface area contributed by atoms with Crippen LogP contribution < -0.4 is 5.32 Å². The lowest BCUT2D eigenvalue weighted by atomic mass is 10.1. The molecule has 2 heterocycles. The quantitative estimate of drug-likeness (QED) is 0.622. The van der Waals surface area contributed by atoms with Crippen molar-refractivity contribution in [1.82, 2.24) is 10.3 Å². The lowest BCUT2D eigenvalue weighted by Crippen LogP contribution is -2.34. The standard InChI is InChI=1S/C15H16N2O4S/c1-20-8-7-17-14(18)13(11-4-2-6-16-10-11)21-15(19)12-5-3-9-22-12/h2-6,9-10,13H,7-8H2,1H3,(H,17,18)/t13-/m1/s1. The maximum absolute atomic E-state index is 12.3. The lowest BCUT2D eigenvalue weighted by Gasteiger charge is -2.17. The van der Waals surface area contributed by atoms with Crippen LogP contribution in [-0.2, 0) is 14.3 Å². The Kier molecular flexibility index (Phi) is 6.05. The van der Waals surface area contributed by atoms with Gasteiger partial charge in [0, 0.05) is 31.6 Å². The summed E-state index contributed by atoms with van der Waals surface area (Å²) < 4.78 is 10.2. The van der Waals surface area contributed by atoms with Gasteiger partial charge in [-0.1, -0.05) is 12.1 Å². The minimum atomic E-state index is -1.04. The van der Waals surface area contributed by atoms with Gasteiger partial charge >= 0.3 is 5.97 Å². The highest BCUT2D eigenvalue weighted by molar-refractivity contribution is 7.11. The fourth-order valence-corrected chi connectivity index (χ4v) is 2.34. The number of pyridine rings is 1. The number of nitrogens with zero attached hydrogens (tertiary/aromatic N) is 1. The van der Waals surface area contributed by atoms with Crippen LogP contribution in [0.5, 0.6) is 0 Å². The van der Waals surface area contributed by atoms with Crippen LogP contribution in [0.3, 0.4) is 0 Å². The molecule has 0 aliphatic carbocycles. The van der Waals surface area contributed by atoms with Gasteiger partial charge in [0.1, 0.15) is 4.88 Å². The summed E-state index contributed by atoms with van der Waals surface area (Å²) in [5.74, 6) is -0.944. The van der Waals surface area contributed by atoms with Crippen LogP contribution in [0.15, 0.2) is 42.0 Å². The Labute approximate surface area is 132 Å². The van der Waals surface area contributed by atoms with Crippen molar-refractivity contribution in [2.24, 2.45) is 0 Å². The van der Waals surface area contributed by atoms with Crippen molar-refractivity contribution in [2.45, 2.75) is 6.10 Å². The summed E-state index contributed by atoms with van der Waals surface area (Å²) in [6, 6.07) is 6.77. The number of carbonyl (C=O) groups is 2. The molecule has 0 aliphatic heterocycles. The Morgan fingerprint density at radius 1 is 1.36 bits per heavy atom. The second kappa shape index (κ2) is 8.26. The highest BCUT2D eigenvalue weighted by Gasteiger charge is 2.26. The average Bonchev–Trinajstić information content (AvgIpc) is 3.08. The minimum absolute atomic E-state index is 0.336. The summed E-state index contributed by atoms with van der Waals surface area (Å²) >= 11 is 1.26. The van der Waals surface area contributed by atoms with E-state index in [2.05, 4.69) is 10.3 Å². The Balaban J connectivity index is 2.11. The Bertz CT molecular complexity index is 601. The van der Waals surface area contributed by atoms with Gasteiger partial charge < -0.3 is 14.8 Å². The molecule has 22 heavy (non-hydrogen) atoms. The molecule has 0 saturated carbocycles. The topological polar surface area (TPSA) is 77.5 Å². The molecule has 0 unspecified atom stereocenters. The molecule has 7 heteroatoms. The van der Waals surface area contributed by atoms with Crippen molar-refractivity contribution in [3.63, 3.8) is 0 Å². The van der Waals surface area contributed by atoms with E-state index in [1.54, 1.807) is 43.0 Å². The third-order valence-corrected chi connectivity index (χ3v) is 3.63. The first-order chi connectivity index (χ1) is 10.7. The molecule has 6 nitrogen and oxygen atoms in total. The molecule has 1 N–H and O–H groups in total. The van der Waals surface area contributed by atoms with E-state index in [1.807, 2.05) is 0 Å². The third-order valence-electron chi connectivity index (χ3n) is 2.78.